The molecular weight excluding hydrogens is 148 g/mol. The second-order valence-corrected chi connectivity index (χ2v) is 3.82. The average Bonchev–Trinajstić information content (AvgIpc) is 2.05. The minimum Gasteiger partial charge on any atom is -0.393 e. The van der Waals surface area contributed by atoms with E-state index in [1.807, 2.05) is 6.92 Å². The van der Waals surface area contributed by atoms with Crippen LogP contribution in [0.1, 0.15) is 47.0 Å². The molecule has 0 amide bonds. The average molecular weight is 168 g/mol. The Morgan fingerprint density at radius 2 is 2.00 bits per heavy atom. The first-order valence-electron chi connectivity index (χ1n) is 4.62. The Labute approximate surface area is 76.2 Å². The molecular formula is C11H20O. The molecule has 0 fully saturated rings. The second kappa shape index (κ2) is 5.22. The Morgan fingerprint density at radius 3 is 2.42 bits per heavy atom. The fourth-order valence-corrected chi connectivity index (χ4v) is 0.960. The van der Waals surface area contributed by atoms with Crippen LogP contribution in [0.15, 0.2) is 0 Å². The Kier molecular flexibility index (Phi) is 5.01. The van der Waals surface area contributed by atoms with Gasteiger partial charge in [-0.05, 0) is 25.2 Å². The van der Waals surface area contributed by atoms with Gasteiger partial charge in [-0.2, -0.15) is 0 Å². The molecule has 1 heteroatoms. The van der Waals surface area contributed by atoms with Crippen molar-refractivity contribution in [1.82, 2.24) is 0 Å². The monoisotopic (exact) mass is 168 g/mol. The lowest BCUT2D eigenvalue weighted by molar-refractivity contribution is 0.0418. The maximum Gasteiger partial charge on any atom is 0.0600 e. The Bertz CT molecular complexity index is 171. The number of hydrogen-bond donors (Lipinski definition) is 1. The van der Waals surface area contributed by atoms with Gasteiger partial charge in [0.25, 0.3) is 0 Å². The largest absolute Gasteiger partial charge is 0.393 e. The maximum absolute atomic E-state index is 9.74. The van der Waals surface area contributed by atoms with Gasteiger partial charge in [-0.15, -0.1) is 11.8 Å². The molecule has 0 bridgehead atoms. The predicted octanol–water partition coefficient (Wildman–Crippen LogP) is 2.59. The van der Waals surface area contributed by atoms with Crippen molar-refractivity contribution >= 4 is 0 Å². The summed E-state index contributed by atoms with van der Waals surface area (Å²) in [5.74, 6) is 5.80. The van der Waals surface area contributed by atoms with E-state index in [9.17, 15) is 5.11 Å². The van der Waals surface area contributed by atoms with E-state index in [4.69, 9.17) is 0 Å². The Morgan fingerprint density at radius 1 is 1.42 bits per heavy atom. The third kappa shape index (κ3) is 3.78. The van der Waals surface area contributed by atoms with E-state index in [-0.39, 0.29) is 11.5 Å². The van der Waals surface area contributed by atoms with E-state index in [2.05, 4.69) is 32.6 Å². The topological polar surface area (TPSA) is 20.2 Å². The third-order valence-electron chi connectivity index (χ3n) is 2.53. The zero-order valence-corrected chi connectivity index (χ0v) is 8.65. The summed E-state index contributed by atoms with van der Waals surface area (Å²) in [7, 11) is 0. The molecule has 1 unspecified atom stereocenters. The van der Waals surface area contributed by atoms with Gasteiger partial charge in [0.15, 0.2) is 0 Å². The smallest absolute Gasteiger partial charge is 0.0600 e. The molecule has 0 radical (unpaired) electrons. The molecule has 0 aliphatic rings. The van der Waals surface area contributed by atoms with E-state index >= 15 is 0 Å². The van der Waals surface area contributed by atoms with Gasteiger partial charge in [-0.3, -0.25) is 0 Å². The highest BCUT2D eigenvalue weighted by molar-refractivity contribution is 4.95. The number of aliphatic hydroxyl groups is 1. The molecule has 0 spiro atoms. The van der Waals surface area contributed by atoms with E-state index < -0.39 is 0 Å². The van der Waals surface area contributed by atoms with Gasteiger partial charge in [-0.1, -0.05) is 20.8 Å². The normalized spacial score (nSPS) is 13.4. The van der Waals surface area contributed by atoms with Crippen LogP contribution in [-0.2, 0) is 0 Å². The van der Waals surface area contributed by atoms with Crippen molar-refractivity contribution in [3.8, 4) is 11.8 Å². The first kappa shape index (κ1) is 11.5. The SMILES string of the molecule is CC#CCCC(O)C(C)(C)CC. The first-order valence-corrected chi connectivity index (χ1v) is 4.62. The van der Waals surface area contributed by atoms with Crippen molar-refractivity contribution in [2.75, 3.05) is 0 Å². The van der Waals surface area contributed by atoms with Crippen LogP contribution in [0, 0.1) is 17.3 Å². The van der Waals surface area contributed by atoms with E-state index in [0.717, 1.165) is 19.3 Å². The lowest BCUT2D eigenvalue weighted by Crippen LogP contribution is -2.28. The van der Waals surface area contributed by atoms with Crippen LogP contribution in [-0.4, -0.2) is 11.2 Å². The number of aliphatic hydroxyl groups excluding tert-OH is 1. The van der Waals surface area contributed by atoms with Crippen molar-refractivity contribution < 1.29 is 5.11 Å². The molecule has 0 aromatic heterocycles. The minimum atomic E-state index is -0.219. The zero-order valence-electron chi connectivity index (χ0n) is 8.65. The van der Waals surface area contributed by atoms with Gasteiger partial charge in [0.2, 0.25) is 0 Å². The van der Waals surface area contributed by atoms with Gasteiger partial charge in [0.05, 0.1) is 6.10 Å². The van der Waals surface area contributed by atoms with E-state index in [1.54, 1.807) is 0 Å². The minimum absolute atomic E-state index is 0.0371. The van der Waals surface area contributed by atoms with Crippen molar-refractivity contribution in [2.45, 2.75) is 53.1 Å². The summed E-state index contributed by atoms with van der Waals surface area (Å²) >= 11 is 0. The summed E-state index contributed by atoms with van der Waals surface area (Å²) in [6, 6.07) is 0. The molecule has 0 heterocycles. The van der Waals surface area contributed by atoms with E-state index in [0.29, 0.717) is 0 Å². The number of hydrogen-bond acceptors (Lipinski definition) is 1. The molecule has 0 aliphatic carbocycles. The third-order valence-corrected chi connectivity index (χ3v) is 2.53. The predicted molar refractivity (Wildman–Crippen MR) is 52.8 cm³/mol. The van der Waals surface area contributed by atoms with Crippen molar-refractivity contribution in [1.29, 1.82) is 0 Å². The highest BCUT2D eigenvalue weighted by Crippen LogP contribution is 2.27. The highest BCUT2D eigenvalue weighted by atomic mass is 16.3. The Balaban J connectivity index is 3.83. The summed E-state index contributed by atoms with van der Waals surface area (Å²) in [5.41, 5.74) is 0.0371. The lowest BCUT2D eigenvalue weighted by Gasteiger charge is -2.28. The van der Waals surface area contributed by atoms with Gasteiger partial charge < -0.3 is 5.11 Å². The first-order chi connectivity index (χ1) is 5.54. The van der Waals surface area contributed by atoms with Crippen LogP contribution >= 0.6 is 0 Å². The molecule has 1 N–H and O–H groups in total. The molecule has 0 aromatic rings. The molecule has 0 rings (SSSR count). The standard InChI is InChI=1S/C11H20O/c1-5-7-8-9-10(12)11(3,4)6-2/h10,12H,6,8-9H2,1-4H3. The van der Waals surface area contributed by atoms with E-state index in [1.165, 1.54) is 0 Å². The summed E-state index contributed by atoms with van der Waals surface area (Å²) in [5, 5.41) is 9.74. The summed E-state index contributed by atoms with van der Waals surface area (Å²) in [6.07, 6.45) is 2.39. The van der Waals surface area contributed by atoms with Gasteiger partial charge in [-0.25, -0.2) is 0 Å². The van der Waals surface area contributed by atoms with Crippen LogP contribution in [0.5, 0.6) is 0 Å². The maximum atomic E-state index is 9.74. The van der Waals surface area contributed by atoms with Gasteiger partial charge in [0.1, 0.15) is 0 Å². The highest BCUT2D eigenvalue weighted by Gasteiger charge is 2.24. The lowest BCUT2D eigenvalue weighted by atomic mass is 9.82. The fraction of sp³-hybridized carbons (Fsp3) is 0.818. The van der Waals surface area contributed by atoms with Crippen molar-refractivity contribution in [2.24, 2.45) is 5.41 Å². The van der Waals surface area contributed by atoms with Crippen molar-refractivity contribution in [3.63, 3.8) is 0 Å². The van der Waals surface area contributed by atoms with Gasteiger partial charge >= 0.3 is 0 Å². The number of rotatable bonds is 4. The molecule has 0 aromatic carbocycles. The molecule has 1 nitrogen and oxygen atoms in total. The summed E-state index contributed by atoms with van der Waals surface area (Å²) < 4.78 is 0. The second-order valence-electron chi connectivity index (χ2n) is 3.82. The Hall–Kier alpha value is -0.480. The van der Waals surface area contributed by atoms with Crippen LogP contribution in [0.2, 0.25) is 0 Å². The molecule has 12 heavy (non-hydrogen) atoms. The van der Waals surface area contributed by atoms with Crippen molar-refractivity contribution in [3.05, 3.63) is 0 Å². The summed E-state index contributed by atoms with van der Waals surface area (Å²) in [4.78, 5) is 0. The van der Waals surface area contributed by atoms with Crippen LogP contribution in [0.4, 0.5) is 0 Å². The van der Waals surface area contributed by atoms with Gasteiger partial charge in [0, 0.05) is 6.42 Å². The zero-order chi connectivity index (χ0) is 9.61. The molecule has 0 aliphatic heterocycles. The molecule has 70 valence electrons. The van der Waals surface area contributed by atoms with Crippen LogP contribution in [0.3, 0.4) is 0 Å². The molecule has 0 saturated heterocycles. The summed E-state index contributed by atoms with van der Waals surface area (Å²) in [6.45, 7) is 8.13. The van der Waals surface area contributed by atoms with Crippen LogP contribution < -0.4 is 0 Å². The fourth-order valence-electron chi connectivity index (χ4n) is 0.960. The molecule has 0 saturated carbocycles. The quantitative estimate of drug-likeness (QED) is 0.640. The molecule has 1 atom stereocenters. The van der Waals surface area contributed by atoms with Crippen LogP contribution in [0.25, 0.3) is 0 Å².